The molecule has 7 N–H and O–H groups in total. The Kier molecular flexibility index (Phi) is 9.37. The number of hydrogen-bond acceptors (Lipinski definition) is 4. The monoisotopic (exact) mass is 590 g/mol. The zero-order valence-electron chi connectivity index (χ0n) is 25.7. The van der Waals surface area contributed by atoms with Crippen LogP contribution in [0, 0.1) is 32.6 Å². The summed E-state index contributed by atoms with van der Waals surface area (Å²) in [4.78, 5) is 45.4. The van der Waals surface area contributed by atoms with Crippen molar-refractivity contribution in [1.29, 1.82) is 0 Å². The average molecular weight is 591 g/mol. The van der Waals surface area contributed by atoms with Crippen molar-refractivity contribution in [3.8, 4) is 5.88 Å². The number of amides is 1. The highest BCUT2D eigenvalue weighted by Gasteiger charge is 2.34. The Bertz CT molecular complexity index is 1720. The average Bonchev–Trinajstić information content (AvgIpc) is 3.59. The van der Waals surface area contributed by atoms with Gasteiger partial charge in [-0.15, -0.1) is 0 Å². The number of carboxylic acid groups (broad SMARTS) is 2. The van der Waals surface area contributed by atoms with Crippen molar-refractivity contribution >= 4 is 36.1 Å². The number of rotatable bonds is 11. The number of hydrogen-bond donors (Lipinski definition) is 7. The molecule has 230 valence electrons. The molecule has 0 aliphatic carbocycles. The molecule has 1 amide bonds. The van der Waals surface area contributed by atoms with Crippen molar-refractivity contribution in [2.45, 2.75) is 80.1 Å². The van der Waals surface area contributed by atoms with Crippen molar-refractivity contribution in [2.75, 3.05) is 0 Å². The van der Waals surface area contributed by atoms with Crippen LogP contribution in [-0.2, 0) is 33.6 Å². The first-order valence-electron chi connectivity index (χ1n) is 14.8. The van der Waals surface area contributed by atoms with Crippen molar-refractivity contribution in [2.24, 2.45) is 11.8 Å². The third-order valence-electron chi connectivity index (χ3n) is 8.83. The normalized spacial score (nSPS) is 18.7. The summed E-state index contributed by atoms with van der Waals surface area (Å²) in [6.07, 6.45) is 7.77. The second kappa shape index (κ2) is 12.8. The van der Waals surface area contributed by atoms with E-state index in [0.29, 0.717) is 19.3 Å². The van der Waals surface area contributed by atoms with Gasteiger partial charge in [0.15, 0.2) is 5.88 Å². The van der Waals surface area contributed by atoms with Crippen LogP contribution in [0.25, 0.3) is 18.2 Å². The first-order valence-corrected chi connectivity index (χ1v) is 14.8. The number of aromatic nitrogens is 3. The second-order valence-electron chi connectivity index (χ2n) is 11.4. The molecule has 1 saturated heterocycles. The molecule has 0 radical (unpaired) electrons. The number of aliphatic carboxylic acids is 2. The van der Waals surface area contributed by atoms with Gasteiger partial charge < -0.3 is 35.6 Å². The van der Waals surface area contributed by atoms with Gasteiger partial charge in [0.1, 0.15) is 0 Å². The molecule has 43 heavy (non-hydrogen) atoms. The lowest BCUT2D eigenvalue weighted by Gasteiger charge is -2.11. The molecule has 4 rings (SSSR count). The van der Waals surface area contributed by atoms with E-state index in [2.05, 4.69) is 20.3 Å². The molecule has 0 saturated carbocycles. The minimum absolute atomic E-state index is 0.00871. The molecule has 1 aliphatic heterocycles. The van der Waals surface area contributed by atoms with E-state index in [1.807, 2.05) is 59.8 Å². The fourth-order valence-electron chi connectivity index (χ4n) is 6.18. The van der Waals surface area contributed by atoms with Gasteiger partial charge in [-0.1, -0.05) is 20.8 Å². The largest absolute Gasteiger partial charge is 0.494 e. The van der Waals surface area contributed by atoms with E-state index < -0.39 is 11.9 Å². The Morgan fingerprint density at radius 3 is 1.93 bits per heavy atom. The van der Waals surface area contributed by atoms with E-state index in [1.165, 1.54) is 0 Å². The van der Waals surface area contributed by atoms with Crippen molar-refractivity contribution in [3.63, 3.8) is 0 Å². The molecule has 0 spiro atoms. The second-order valence-corrected chi connectivity index (χ2v) is 11.4. The van der Waals surface area contributed by atoms with Gasteiger partial charge in [0.05, 0.1) is 0 Å². The molecule has 10 nitrogen and oxygen atoms in total. The first-order chi connectivity index (χ1) is 20.4. The number of aromatic hydroxyl groups is 1. The van der Waals surface area contributed by atoms with Crippen LogP contribution in [-0.4, -0.2) is 48.1 Å². The third kappa shape index (κ3) is 6.48. The summed E-state index contributed by atoms with van der Waals surface area (Å²) in [6, 6.07) is 0. The third-order valence-corrected chi connectivity index (χ3v) is 8.83. The molecule has 4 heterocycles. The fraction of sp³-hybridized carbons (Fsp3) is 0.424. The Morgan fingerprint density at radius 1 is 0.767 bits per heavy atom. The summed E-state index contributed by atoms with van der Waals surface area (Å²) < 4.78 is 0. The Hall–Kier alpha value is -4.47. The first kappa shape index (κ1) is 31.5. The number of carbonyl (C=O) groups excluding carboxylic acids is 1. The number of carbonyl (C=O) groups is 3. The van der Waals surface area contributed by atoms with Crippen LogP contribution >= 0.6 is 0 Å². The van der Waals surface area contributed by atoms with Gasteiger partial charge in [-0.3, -0.25) is 14.4 Å². The van der Waals surface area contributed by atoms with Crippen LogP contribution in [0.4, 0.5) is 0 Å². The molecule has 1 fully saturated rings. The van der Waals surface area contributed by atoms with Gasteiger partial charge in [0.25, 0.3) is 0 Å². The van der Waals surface area contributed by atoms with Crippen LogP contribution < -0.4 is 16.0 Å². The number of nitrogens with one attached hydrogen (secondary N) is 4. The summed E-state index contributed by atoms with van der Waals surface area (Å²) in [5.41, 5.74) is 8.39. The maximum atomic E-state index is 12.4. The Balaban J connectivity index is 1.91. The van der Waals surface area contributed by atoms with Gasteiger partial charge in [-0.05, 0) is 92.5 Å². The molecule has 3 aromatic heterocycles. The van der Waals surface area contributed by atoms with E-state index in [-0.39, 0.29) is 36.5 Å². The fourth-order valence-corrected chi connectivity index (χ4v) is 6.18. The molecule has 0 bridgehead atoms. The van der Waals surface area contributed by atoms with E-state index >= 15 is 0 Å². The van der Waals surface area contributed by atoms with Crippen molar-refractivity contribution < 1.29 is 29.7 Å². The lowest BCUT2D eigenvalue weighted by molar-refractivity contribution is -0.138. The number of H-pyrrole nitrogens is 3. The number of carboxylic acids is 2. The highest BCUT2D eigenvalue weighted by molar-refractivity contribution is 5.86. The Morgan fingerprint density at radius 2 is 1.35 bits per heavy atom. The molecule has 2 atom stereocenters. The van der Waals surface area contributed by atoms with E-state index in [4.69, 9.17) is 0 Å². The lowest BCUT2D eigenvalue weighted by Crippen LogP contribution is -2.16. The van der Waals surface area contributed by atoms with Crippen LogP contribution in [0.5, 0.6) is 5.88 Å². The predicted molar refractivity (Wildman–Crippen MR) is 165 cm³/mol. The Labute approximate surface area is 250 Å². The maximum absolute atomic E-state index is 12.4. The van der Waals surface area contributed by atoms with E-state index in [9.17, 15) is 29.7 Å². The van der Waals surface area contributed by atoms with Gasteiger partial charge >= 0.3 is 11.9 Å². The SMILES string of the molecule is CCc1c(O)[nH]c(/C=c2/[nH]/c(=C\c3[nH]c(/C=C4\NC(=O)[C@H](C)[C@H]4CC)c(C)c3CCC(=O)O)c(CCC(=O)O)c2C)c1C. The van der Waals surface area contributed by atoms with Gasteiger partial charge in [0, 0.05) is 63.7 Å². The van der Waals surface area contributed by atoms with Crippen LogP contribution in [0.2, 0.25) is 0 Å². The number of allylic oxidation sites excluding steroid dienone is 1. The minimum atomic E-state index is -0.903. The zero-order valence-corrected chi connectivity index (χ0v) is 25.7. The summed E-state index contributed by atoms with van der Waals surface area (Å²) >= 11 is 0. The zero-order chi connectivity index (χ0) is 31.6. The highest BCUT2D eigenvalue weighted by atomic mass is 16.4. The van der Waals surface area contributed by atoms with E-state index in [0.717, 1.165) is 73.3 Å². The van der Waals surface area contributed by atoms with Gasteiger partial charge in [-0.25, -0.2) is 0 Å². The van der Waals surface area contributed by atoms with E-state index in [1.54, 1.807) is 0 Å². The highest BCUT2D eigenvalue weighted by Crippen LogP contribution is 2.32. The number of aromatic amines is 3. The summed E-state index contributed by atoms with van der Waals surface area (Å²) in [6.45, 7) is 11.8. The standard InChI is InChI=1S/C33H42N4O6/c1-7-20-19(6)32(42)37-27(20)14-25-18(5)23(10-12-31(40)41)29(35-25)15-28-22(9-11-30(38)39)17(4)24(34-28)13-26-16(3)21(8-2)33(43)36-26/h13-15,19-20,34-36,43H,7-12H2,1-6H3,(H,37,42)(H,38,39)(H,40,41)/b24-13+,27-14-,28-15-/t19-,20-/m1/s1. The van der Waals surface area contributed by atoms with Crippen LogP contribution in [0.1, 0.15) is 90.5 Å². The quantitative estimate of drug-likeness (QED) is 0.180. The molecule has 0 unspecified atom stereocenters. The molecule has 10 heteroatoms. The summed E-state index contributed by atoms with van der Waals surface area (Å²) in [5, 5.41) is 33.7. The van der Waals surface area contributed by atoms with Crippen LogP contribution in [0.3, 0.4) is 0 Å². The molecular formula is C33H42N4O6. The molecule has 0 aromatic carbocycles. The summed E-state index contributed by atoms with van der Waals surface area (Å²) in [5.74, 6) is -1.74. The molecular weight excluding hydrogens is 548 g/mol. The van der Waals surface area contributed by atoms with Gasteiger partial charge in [0.2, 0.25) is 5.91 Å². The van der Waals surface area contributed by atoms with Crippen molar-refractivity contribution in [3.05, 3.63) is 66.9 Å². The van der Waals surface area contributed by atoms with Crippen LogP contribution in [0.15, 0.2) is 5.70 Å². The minimum Gasteiger partial charge on any atom is -0.494 e. The topological polar surface area (TPSA) is 171 Å². The van der Waals surface area contributed by atoms with Crippen molar-refractivity contribution in [1.82, 2.24) is 20.3 Å². The lowest BCUT2D eigenvalue weighted by atomic mass is 9.92. The molecule has 1 aliphatic rings. The predicted octanol–water partition coefficient (Wildman–Crippen LogP) is 3.69. The smallest absolute Gasteiger partial charge is 0.303 e. The maximum Gasteiger partial charge on any atom is 0.303 e. The summed E-state index contributed by atoms with van der Waals surface area (Å²) in [7, 11) is 0. The van der Waals surface area contributed by atoms with Gasteiger partial charge in [-0.2, -0.15) is 0 Å². The molecule has 3 aromatic rings.